The number of aromatic hydroxyl groups is 1. The van der Waals surface area contributed by atoms with Gasteiger partial charge in [0.15, 0.2) is 5.75 Å². The number of ether oxygens (including phenoxy) is 2. The van der Waals surface area contributed by atoms with Crippen molar-refractivity contribution in [1.29, 1.82) is 0 Å². The van der Waals surface area contributed by atoms with E-state index >= 15 is 0 Å². The Morgan fingerprint density at radius 1 is 1.06 bits per heavy atom. The number of methoxy groups -OCH3 is 2. The van der Waals surface area contributed by atoms with Crippen molar-refractivity contribution in [2.24, 2.45) is 0 Å². The van der Waals surface area contributed by atoms with E-state index in [1.807, 2.05) is 0 Å². The highest BCUT2D eigenvalue weighted by molar-refractivity contribution is 6.46. The maximum atomic E-state index is 13.0. The number of benzene rings is 2. The Bertz CT molecular complexity index is 1080. The zero-order valence-corrected chi connectivity index (χ0v) is 19.5. The second-order valence-electron chi connectivity index (χ2n) is 7.02. The predicted molar refractivity (Wildman–Crippen MR) is 122 cm³/mol. The van der Waals surface area contributed by atoms with Crippen molar-refractivity contribution < 1.29 is 29.3 Å². The van der Waals surface area contributed by atoms with Crippen molar-refractivity contribution >= 4 is 52.3 Å². The van der Waals surface area contributed by atoms with Gasteiger partial charge in [-0.3, -0.25) is 9.59 Å². The van der Waals surface area contributed by atoms with E-state index in [4.69, 9.17) is 44.3 Å². The zero-order chi connectivity index (χ0) is 23.6. The number of hydrogen-bond acceptors (Lipinski definition) is 6. The molecule has 3 rings (SSSR count). The van der Waals surface area contributed by atoms with Crippen LogP contribution in [0.1, 0.15) is 23.6 Å². The van der Waals surface area contributed by atoms with Gasteiger partial charge in [-0.2, -0.15) is 0 Å². The van der Waals surface area contributed by atoms with Gasteiger partial charge in [0, 0.05) is 25.8 Å². The number of halogens is 3. The van der Waals surface area contributed by atoms with Crippen LogP contribution in [0.3, 0.4) is 0 Å². The average molecular weight is 501 g/mol. The highest BCUT2D eigenvalue weighted by Crippen LogP contribution is 2.43. The van der Waals surface area contributed by atoms with E-state index in [9.17, 15) is 19.8 Å². The summed E-state index contributed by atoms with van der Waals surface area (Å²) < 4.78 is 10.2. The first-order chi connectivity index (χ1) is 15.2. The van der Waals surface area contributed by atoms with Gasteiger partial charge in [-0.25, -0.2) is 0 Å². The molecule has 0 spiro atoms. The van der Waals surface area contributed by atoms with Gasteiger partial charge in [0.1, 0.15) is 11.5 Å². The summed E-state index contributed by atoms with van der Waals surface area (Å²) in [7, 11) is 2.93. The number of rotatable bonds is 7. The third-order valence-corrected chi connectivity index (χ3v) is 5.91. The van der Waals surface area contributed by atoms with Crippen molar-refractivity contribution in [3.05, 3.63) is 62.1 Å². The fourth-order valence-corrected chi connectivity index (χ4v) is 4.41. The van der Waals surface area contributed by atoms with Crippen LogP contribution in [0.25, 0.3) is 5.76 Å². The minimum atomic E-state index is -0.940. The molecule has 1 unspecified atom stereocenters. The Labute approximate surface area is 199 Å². The number of phenolic OH excluding ortho intramolecular Hbond substituents is 1. The van der Waals surface area contributed by atoms with Crippen LogP contribution >= 0.6 is 34.8 Å². The van der Waals surface area contributed by atoms with Gasteiger partial charge in [0.2, 0.25) is 0 Å². The molecule has 1 fully saturated rings. The quantitative estimate of drug-likeness (QED) is 0.245. The van der Waals surface area contributed by atoms with Gasteiger partial charge < -0.3 is 24.6 Å². The molecular weight excluding hydrogens is 481 g/mol. The molecule has 0 radical (unpaired) electrons. The number of aliphatic hydroxyl groups excluding tert-OH is 1. The van der Waals surface area contributed by atoms with Crippen molar-refractivity contribution in [3.8, 4) is 11.5 Å². The molecule has 7 nitrogen and oxygen atoms in total. The Balaban J connectivity index is 2.19. The standard InChI is InChI=1S/C22H20Cl3NO6/c1-31-7-3-6-26-18(11-4-5-16(27)13(23)8-11)17(20(29)22(26)30)19(28)12-9-14(24)21(32-2)15(25)10-12/h4-5,8-10,18,27-28H,3,6-7H2,1-2H3/b19-17+. The van der Waals surface area contributed by atoms with Gasteiger partial charge in [0.05, 0.1) is 33.8 Å². The number of nitrogens with zero attached hydrogens (tertiary/aromatic N) is 1. The van der Waals surface area contributed by atoms with Gasteiger partial charge in [-0.1, -0.05) is 40.9 Å². The number of ketones is 1. The van der Waals surface area contributed by atoms with E-state index in [2.05, 4.69) is 0 Å². The van der Waals surface area contributed by atoms with Crippen LogP contribution in [0.5, 0.6) is 11.5 Å². The van der Waals surface area contributed by atoms with E-state index < -0.39 is 23.5 Å². The summed E-state index contributed by atoms with van der Waals surface area (Å²) in [4.78, 5) is 27.2. The van der Waals surface area contributed by atoms with Crippen LogP contribution in [-0.2, 0) is 14.3 Å². The first-order valence-corrected chi connectivity index (χ1v) is 10.6. The molecular formula is C22H20Cl3NO6. The summed E-state index contributed by atoms with van der Waals surface area (Å²) in [6, 6.07) is 6.17. The Morgan fingerprint density at radius 2 is 1.72 bits per heavy atom. The number of Topliss-reactive ketones (excluding diaryl/α,β-unsaturated/α-hetero) is 1. The van der Waals surface area contributed by atoms with Crippen molar-refractivity contribution in [1.82, 2.24) is 4.90 Å². The summed E-state index contributed by atoms with van der Waals surface area (Å²) in [5, 5.41) is 21.2. The molecule has 2 N–H and O–H groups in total. The maximum absolute atomic E-state index is 13.0. The lowest BCUT2D eigenvalue weighted by molar-refractivity contribution is -0.140. The fourth-order valence-electron chi connectivity index (χ4n) is 3.58. The number of hydrogen-bond donors (Lipinski definition) is 2. The number of carbonyl (C=O) groups excluding carboxylic acids is 2. The predicted octanol–water partition coefficient (Wildman–Crippen LogP) is 4.82. The largest absolute Gasteiger partial charge is 0.507 e. The molecule has 0 aliphatic carbocycles. The van der Waals surface area contributed by atoms with Crippen LogP contribution in [0, 0.1) is 0 Å². The van der Waals surface area contributed by atoms with Crippen molar-refractivity contribution in [2.45, 2.75) is 12.5 Å². The van der Waals surface area contributed by atoms with Crippen molar-refractivity contribution in [3.63, 3.8) is 0 Å². The molecule has 1 atom stereocenters. The van der Waals surface area contributed by atoms with Gasteiger partial charge >= 0.3 is 0 Å². The molecule has 1 saturated heterocycles. The summed E-state index contributed by atoms with van der Waals surface area (Å²) in [5.74, 6) is -2.02. The Hall–Kier alpha value is -2.45. The topological polar surface area (TPSA) is 96.3 Å². The lowest BCUT2D eigenvalue weighted by Gasteiger charge is -2.25. The molecule has 1 amide bonds. The Kier molecular flexibility index (Phi) is 7.56. The molecule has 0 bridgehead atoms. The molecule has 170 valence electrons. The second kappa shape index (κ2) is 10.0. The third kappa shape index (κ3) is 4.52. The highest BCUT2D eigenvalue weighted by atomic mass is 35.5. The SMILES string of the molecule is COCCCN1C(=O)C(=O)/C(=C(/O)c2cc(Cl)c(OC)c(Cl)c2)C1c1ccc(O)c(Cl)c1. The zero-order valence-electron chi connectivity index (χ0n) is 17.2. The average Bonchev–Trinajstić information content (AvgIpc) is 3.00. The molecule has 2 aromatic carbocycles. The summed E-state index contributed by atoms with van der Waals surface area (Å²) in [6.45, 7) is 0.568. The fraction of sp³-hybridized carbons (Fsp3) is 0.273. The molecule has 1 aliphatic rings. The monoisotopic (exact) mass is 499 g/mol. The first-order valence-electron chi connectivity index (χ1n) is 9.50. The van der Waals surface area contributed by atoms with Crippen LogP contribution < -0.4 is 4.74 Å². The first kappa shape index (κ1) is 24.2. The molecule has 0 aromatic heterocycles. The second-order valence-corrected chi connectivity index (χ2v) is 8.24. The van der Waals surface area contributed by atoms with Crippen molar-refractivity contribution in [2.75, 3.05) is 27.4 Å². The lowest BCUT2D eigenvalue weighted by atomic mass is 9.95. The van der Waals surface area contributed by atoms with Gasteiger partial charge in [0.25, 0.3) is 11.7 Å². The molecule has 32 heavy (non-hydrogen) atoms. The summed E-state index contributed by atoms with van der Waals surface area (Å²) >= 11 is 18.5. The maximum Gasteiger partial charge on any atom is 0.295 e. The van der Waals surface area contributed by atoms with Crippen LogP contribution in [-0.4, -0.2) is 54.2 Å². The lowest BCUT2D eigenvalue weighted by Crippen LogP contribution is -2.31. The van der Waals surface area contributed by atoms with Crippen LogP contribution in [0.2, 0.25) is 15.1 Å². The number of amides is 1. The molecule has 2 aromatic rings. The van der Waals surface area contributed by atoms with E-state index in [1.165, 1.54) is 49.5 Å². The van der Waals surface area contributed by atoms with E-state index in [0.29, 0.717) is 18.6 Å². The number of likely N-dealkylation sites (tertiary alicyclic amines) is 1. The number of phenols is 1. The molecule has 1 aliphatic heterocycles. The van der Waals surface area contributed by atoms with Gasteiger partial charge in [-0.15, -0.1) is 0 Å². The third-order valence-electron chi connectivity index (χ3n) is 5.05. The smallest absolute Gasteiger partial charge is 0.295 e. The van der Waals surface area contributed by atoms with Crippen LogP contribution in [0.15, 0.2) is 35.9 Å². The highest BCUT2D eigenvalue weighted by Gasteiger charge is 2.46. The summed E-state index contributed by atoms with van der Waals surface area (Å²) in [5.41, 5.74) is 0.439. The number of aliphatic hydroxyl groups is 1. The normalized spacial score (nSPS) is 17.8. The minimum absolute atomic E-state index is 0.0421. The Morgan fingerprint density at radius 3 is 2.28 bits per heavy atom. The van der Waals surface area contributed by atoms with E-state index in [-0.39, 0.29) is 44.2 Å². The number of carbonyl (C=O) groups is 2. The van der Waals surface area contributed by atoms with E-state index in [1.54, 1.807) is 0 Å². The van der Waals surface area contributed by atoms with E-state index in [0.717, 1.165) is 0 Å². The minimum Gasteiger partial charge on any atom is -0.507 e. The molecule has 1 heterocycles. The summed E-state index contributed by atoms with van der Waals surface area (Å²) in [6.07, 6.45) is 0.464. The molecule has 0 saturated carbocycles. The van der Waals surface area contributed by atoms with Gasteiger partial charge in [-0.05, 0) is 36.2 Å². The van der Waals surface area contributed by atoms with Crippen LogP contribution in [0.4, 0.5) is 0 Å². The molecule has 10 heteroatoms.